The van der Waals surface area contributed by atoms with E-state index in [1.54, 1.807) is 0 Å². The van der Waals surface area contributed by atoms with E-state index >= 15 is 0 Å². The average molecular weight is 346 g/mol. The van der Waals surface area contributed by atoms with Crippen molar-refractivity contribution in [3.63, 3.8) is 0 Å². The maximum atomic E-state index is 6.29. The van der Waals surface area contributed by atoms with E-state index in [1.807, 2.05) is 6.07 Å². The van der Waals surface area contributed by atoms with Gasteiger partial charge in [0.1, 0.15) is 0 Å². The lowest BCUT2D eigenvalue weighted by Crippen LogP contribution is -2.33. The second-order valence-corrected chi connectivity index (χ2v) is 8.21. The van der Waals surface area contributed by atoms with Crippen molar-refractivity contribution in [1.82, 2.24) is 14.4 Å². The van der Waals surface area contributed by atoms with Crippen molar-refractivity contribution in [2.45, 2.75) is 45.8 Å². The molecule has 3 heterocycles. The minimum atomic E-state index is 0.711. The van der Waals surface area contributed by atoms with Crippen molar-refractivity contribution in [2.75, 3.05) is 26.7 Å². The van der Waals surface area contributed by atoms with Gasteiger partial charge in [-0.25, -0.2) is 0 Å². The lowest BCUT2D eigenvalue weighted by molar-refractivity contribution is 0.237. The Labute approximate surface area is 150 Å². The molecule has 2 atom stereocenters. The number of hydrogen-bond acceptors (Lipinski definition) is 2. The molecule has 0 bridgehead atoms. The van der Waals surface area contributed by atoms with E-state index in [0.717, 1.165) is 43.5 Å². The Hall–Kier alpha value is -1.03. The third-order valence-electron chi connectivity index (χ3n) is 6.29. The lowest BCUT2D eigenvalue weighted by Gasteiger charge is -2.26. The molecule has 0 radical (unpaired) electrons. The zero-order valence-corrected chi connectivity index (χ0v) is 15.8. The number of benzene rings is 1. The number of nitrogens with zero attached hydrogens (tertiary/aromatic N) is 3. The Bertz CT molecular complexity index is 751. The number of aromatic nitrogens is 1. The third-order valence-corrected chi connectivity index (χ3v) is 6.52. The number of rotatable bonds is 3. The summed E-state index contributed by atoms with van der Waals surface area (Å²) in [6, 6.07) is 7.12. The SMILES string of the molecule is CC1CCN(CCn2c3c(c4cc(Cl)ccc42)CN(C)CC3)C1C. The minimum Gasteiger partial charge on any atom is -0.343 e. The lowest BCUT2D eigenvalue weighted by atomic mass is 10.1. The Morgan fingerprint density at radius 1 is 1.17 bits per heavy atom. The smallest absolute Gasteiger partial charge is 0.0487 e. The summed E-state index contributed by atoms with van der Waals surface area (Å²) < 4.78 is 2.57. The molecule has 1 saturated heterocycles. The predicted octanol–water partition coefficient (Wildman–Crippen LogP) is 4.01. The fourth-order valence-corrected chi connectivity index (χ4v) is 4.70. The van der Waals surface area contributed by atoms with Crippen LogP contribution in [-0.2, 0) is 19.5 Å². The van der Waals surface area contributed by atoms with Crippen LogP contribution in [0, 0.1) is 5.92 Å². The summed E-state index contributed by atoms with van der Waals surface area (Å²) in [4.78, 5) is 5.07. The van der Waals surface area contributed by atoms with Crippen LogP contribution in [0.5, 0.6) is 0 Å². The third kappa shape index (κ3) is 2.77. The minimum absolute atomic E-state index is 0.711. The summed E-state index contributed by atoms with van der Waals surface area (Å²) in [6.45, 7) is 10.4. The highest BCUT2D eigenvalue weighted by molar-refractivity contribution is 6.31. The molecule has 24 heavy (non-hydrogen) atoms. The largest absolute Gasteiger partial charge is 0.343 e. The number of halogens is 1. The molecule has 130 valence electrons. The van der Waals surface area contributed by atoms with Gasteiger partial charge in [-0.15, -0.1) is 0 Å². The molecule has 2 aromatic rings. The highest BCUT2D eigenvalue weighted by atomic mass is 35.5. The van der Waals surface area contributed by atoms with Crippen molar-refractivity contribution in [2.24, 2.45) is 5.92 Å². The van der Waals surface area contributed by atoms with Gasteiger partial charge < -0.3 is 9.47 Å². The van der Waals surface area contributed by atoms with Gasteiger partial charge in [-0.3, -0.25) is 4.90 Å². The Kier molecular flexibility index (Phi) is 4.36. The standard InChI is InChI=1S/C20H28ClN3/c1-14-6-9-23(15(14)2)10-11-24-19-5-4-16(21)12-17(19)18-13-22(3)8-7-20(18)24/h4-5,12,14-15H,6-11,13H2,1-3H3. The van der Waals surface area contributed by atoms with Gasteiger partial charge in [-0.2, -0.15) is 0 Å². The molecule has 4 rings (SSSR count). The van der Waals surface area contributed by atoms with Gasteiger partial charge in [0, 0.05) is 60.3 Å². The van der Waals surface area contributed by atoms with Gasteiger partial charge in [0.2, 0.25) is 0 Å². The van der Waals surface area contributed by atoms with E-state index in [1.165, 1.54) is 35.1 Å². The van der Waals surface area contributed by atoms with Crippen LogP contribution in [0.25, 0.3) is 10.9 Å². The molecule has 0 N–H and O–H groups in total. The Morgan fingerprint density at radius 3 is 2.75 bits per heavy atom. The van der Waals surface area contributed by atoms with Crippen molar-refractivity contribution in [3.8, 4) is 0 Å². The van der Waals surface area contributed by atoms with Crippen LogP contribution < -0.4 is 0 Å². The molecule has 0 spiro atoms. The molecule has 1 aromatic heterocycles. The first-order valence-corrected chi connectivity index (χ1v) is 9.64. The molecule has 0 aliphatic carbocycles. The number of likely N-dealkylation sites (N-methyl/N-ethyl adjacent to an activating group) is 1. The van der Waals surface area contributed by atoms with Gasteiger partial charge in [0.05, 0.1) is 0 Å². The van der Waals surface area contributed by atoms with Gasteiger partial charge in [-0.05, 0) is 56.6 Å². The summed E-state index contributed by atoms with van der Waals surface area (Å²) in [5.74, 6) is 0.827. The van der Waals surface area contributed by atoms with E-state index in [0.29, 0.717) is 6.04 Å². The van der Waals surface area contributed by atoms with E-state index in [4.69, 9.17) is 11.6 Å². The molecule has 0 saturated carbocycles. The number of fused-ring (bicyclic) bond motifs is 3. The van der Waals surface area contributed by atoms with Crippen LogP contribution in [0.2, 0.25) is 5.02 Å². The first-order chi connectivity index (χ1) is 11.5. The average Bonchev–Trinajstić information content (AvgIpc) is 3.04. The van der Waals surface area contributed by atoms with Crippen LogP contribution in [-0.4, -0.2) is 47.1 Å². The highest BCUT2D eigenvalue weighted by Gasteiger charge is 2.28. The summed E-state index contributed by atoms with van der Waals surface area (Å²) in [5.41, 5.74) is 4.38. The Morgan fingerprint density at radius 2 is 2.00 bits per heavy atom. The normalized spacial score (nSPS) is 25.5. The van der Waals surface area contributed by atoms with Crippen LogP contribution in [0.4, 0.5) is 0 Å². The zero-order valence-electron chi connectivity index (χ0n) is 15.1. The van der Waals surface area contributed by atoms with E-state index < -0.39 is 0 Å². The number of hydrogen-bond donors (Lipinski definition) is 0. The van der Waals surface area contributed by atoms with Gasteiger partial charge >= 0.3 is 0 Å². The predicted molar refractivity (Wildman–Crippen MR) is 102 cm³/mol. The van der Waals surface area contributed by atoms with Crippen LogP contribution in [0.3, 0.4) is 0 Å². The van der Waals surface area contributed by atoms with Gasteiger partial charge in [0.25, 0.3) is 0 Å². The quantitative estimate of drug-likeness (QED) is 0.832. The maximum absolute atomic E-state index is 6.29. The molecule has 3 nitrogen and oxygen atoms in total. The Balaban J connectivity index is 1.67. The number of likely N-dealkylation sites (tertiary alicyclic amines) is 1. The van der Waals surface area contributed by atoms with E-state index in [9.17, 15) is 0 Å². The first-order valence-electron chi connectivity index (χ1n) is 9.26. The summed E-state index contributed by atoms with van der Waals surface area (Å²) >= 11 is 6.29. The van der Waals surface area contributed by atoms with E-state index in [2.05, 4.69) is 47.4 Å². The molecule has 1 fully saturated rings. The summed E-state index contributed by atoms with van der Waals surface area (Å²) in [6.07, 6.45) is 2.48. The second-order valence-electron chi connectivity index (χ2n) is 7.77. The summed E-state index contributed by atoms with van der Waals surface area (Å²) in [5, 5.41) is 2.20. The highest BCUT2D eigenvalue weighted by Crippen LogP contribution is 2.33. The van der Waals surface area contributed by atoms with Gasteiger partial charge in [0.15, 0.2) is 0 Å². The second kappa shape index (κ2) is 6.36. The molecule has 0 amide bonds. The topological polar surface area (TPSA) is 11.4 Å². The monoisotopic (exact) mass is 345 g/mol. The molecular formula is C20H28ClN3. The van der Waals surface area contributed by atoms with Crippen LogP contribution in [0.1, 0.15) is 31.5 Å². The van der Waals surface area contributed by atoms with Crippen molar-refractivity contribution < 1.29 is 0 Å². The molecule has 4 heteroatoms. The van der Waals surface area contributed by atoms with E-state index in [-0.39, 0.29) is 0 Å². The van der Waals surface area contributed by atoms with Crippen molar-refractivity contribution in [1.29, 1.82) is 0 Å². The van der Waals surface area contributed by atoms with Crippen LogP contribution in [0.15, 0.2) is 18.2 Å². The van der Waals surface area contributed by atoms with Gasteiger partial charge in [-0.1, -0.05) is 18.5 Å². The van der Waals surface area contributed by atoms with Crippen molar-refractivity contribution >= 4 is 22.5 Å². The first kappa shape index (κ1) is 16.4. The fourth-order valence-electron chi connectivity index (χ4n) is 4.53. The molecule has 2 aliphatic rings. The van der Waals surface area contributed by atoms with Crippen LogP contribution >= 0.6 is 11.6 Å². The molecule has 2 aliphatic heterocycles. The molecular weight excluding hydrogens is 318 g/mol. The molecule has 1 aromatic carbocycles. The summed E-state index contributed by atoms with van der Waals surface area (Å²) in [7, 11) is 2.21. The zero-order chi connectivity index (χ0) is 16.8. The fraction of sp³-hybridized carbons (Fsp3) is 0.600. The van der Waals surface area contributed by atoms with Crippen molar-refractivity contribution in [3.05, 3.63) is 34.5 Å². The maximum Gasteiger partial charge on any atom is 0.0487 e. The molecule has 2 unspecified atom stereocenters.